The molecule has 0 aromatic heterocycles. The number of rotatable bonds is 3. The fourth-order valence-electron chi connectivity index (χ4n) is 2.33. The predicted octanol–water partition coefficient (Wildman–Crippen LogP) is 4.06. The second-order valence-corrected chi connectivity index (χ2v) is 6.33. The molecular weight excluding hydrogens is 267 g/mol. The molecule has 0 radical (unpaired) electrons. The van der Waals surface area contributed by atoms with Crippen LogP contribution in [-0.4, -0.2) is 10.2 Å². The third kappa shape index (κ3) is 3.31. The van der Waals surface area contributed by atoms with Crippen molar-refractivity contribution in [1.29, 1.82) is 0 Å². The number of hydrogen-bond donors (Lipinski definition) is 2. The van der Waals surface area contributed by atoms with Crippen LogP contribution in [0.3, 0.4) is 0 Å². The highest BCUT2D eigenvalue weighted by Crippen LogP contribution is 2.39. The molecule has 0 aliphatic rings. The minimum absolute atomic E-state index is 0.110. The summed E-state index contributed by atoms with van der Waals surface area (Å²) in [5, 5.41) is 19.9. The van der Waals surface area contributed by atoms with Gasteiger partial charge in [0.25, 0.3) is 0 Å². The number of aliphatic hydroxyl groups excluding tert-OH is 2. The predicted molar refractivity (Wildman–Crippen MR) is 82.2 cm³/mol. The summed E-state index contributed by atoms with van der Waals surface area (Å²) in [6, 6.07) is 11.8. The molecule has 0 fully saturated rings. The molecule has 21 heavy (non-hydrogen) atoms. The van der Waals surface area contributed by atoms with Crippen LogP contribution in [-0.2, 0) is 6.61 Å². The van der Waals surface area contributed by atoms with Crippen molar-refractivity contribution in [3.8, 4) is 11.1 Å². The van der Waals surface area contributed by atoms with E-state index in [-0.39, 0.29) is 17.8 Å². The fourth-order valence-corrected chi connectivity index (χ4v) is 2.33. The highest BCUT2D eigenvalue weighted by Gasteiger charge is 2.27. The number of aliphatic hydroxyl groups is 2. The van der Waals surface area contributed by atoms with Crippen LogP contribution in [0.1, 0.15) is 38.0 Å². The second kappa shape index (κ2) is 5.96. The van der Waals surface area contributed by atoms with Crippen LogP contribution in [0.25, 0.3) is 11.1 Å². The zero-order chi connectivity index (χ0) is 15.6. The van der Waals surface area contributed by atoms with Gasteiger partial charge in [0.2, 0.25) is 0 Å². The summed E-state index contributed by atoms with van der Waals surface area (Å²) in [5.74, 6) is -0.323. The molecule has 0 aliphatic heterocycles. The van der Waals surface area contributed by atoms with E-state index in [0.29, 0.717) is 22.3 Å². The van der Waals surface area contributed by atoms with Gasteiger partial charge in [0.15, 0.2) is 0 Å². The van der Waals surface area contributed by atoms with Crippen molar-refractivity contribution in [2.24, 2.45) is 5.41 Å². The maximum Gasteiger partial charge on any atom is 0.131 e. The molecule has 2 rings (SSSR count). The maximum atomic E-state index is 14.1. The Morgan fingerprint density at radius 1 is 1.05 bits per heavy atom. The van der Waals surface area contributed by atoms with Gasteiger partial charge in [-0.25, -0.2) is 4.39 Å². The molecule has 0 heterocycles. The third-order valence-electron chi connectivity index (χ3n) is 3.58. The van der Waals surface area contributed by atoms with Gasteiger partial charge in [0, 0.05) is 5.56 Å². The van der Waals surface area contributed by atoms with Gasteiger partial charge in [-0.2, -0.15) is 0 Å². The van der Waals surface area contributed by atoms with E-state index in [1.54, 1.807) is 36.4 Å². The van der Waals surface area contributed by atoms with Crippen LogP contribution < -0.4 is 0 Å². The van der Waals surface area contributed by atoms with Gasteiger partial charge in [-0.3, -0.25) is 0 Å². The second-order valence-electron chi connectivity index (χ2n) is 6.33. The first-order chi connectivity index (χ1) is 9.84. The van der Waals surface area contributed by atoms with Crippen molar-refractivity contribution < 1.29 is 14.6 Å². The molecule has 3 heteroatoms. The van der Waals surface area contributed by atoms with Crippen LogP contribution in [0, 0.1) is 11.2 Å². The Balaban J connectivity index is 2.64. The van der Waals surface area contributed by atoms with Crippen LogP contribution in [0.2, 0.25) is 0 Å². The molecule has 0 bridgehead atoms. The maximum absolute atomic E-state index is 14.1. The van der Waals surface area contributed by atoms with Crippen molar-refractivity contribution in [3.05, 3.63) is 59.4 Å². The summed E-state index contributed by atoms with van der Waals surface area (Å²) >= 11 is 0. The van der Waals surface area contributed by atoms with E-state index >= 15 is 0 Å². The van der Waals surface area contributed by atoms with E-state index in [1.165, 1.54) is 6.07 Å². The molecule has 1 atom stereocenters. The minimum atomic E-state index is -0.751. The van der Waals surface area contributed by atoms with E-state index in [0.717, 1.165) is 0 Å². The summed E-state index contributed by atoms with van der Waals surface area (Å²) < 4.78 is 14.1. The van der Waals surface area contributed by atoms with E-state index in [2.05, 4.69) is 0 Å². The first kappa shape index (κ1) is 15.7. The van der Waals surface area contributed by atoms with Crippen LogP contribution >= 0.6 is 0 Å². The Bertz CT molecular complexity index is 629. The summed E-state index contributed by atoms with van der Waals surface area (Å²) in [5.41, 5.74) is 2.08. The molecule has 0 unspecified atom stereocenters. The van der Waals surface area contributed by atoms with E-state index < -0.39 is 6.10 Å². The Labute approximate surface area is 124 Å². The monoisotopic (exact) mass is 288 g/mol. The zero-order valence-corrected chi connectivity index (χ0v) is 12.6. The van der Waals surface area contributed by atoms with E-state index in [9.17, 15) is 14.6 Å². The molecule has 0 saturated heterocycles. The largest absolute Gasteiger partial charge is 0.392 e. The van der Waals surface area contributed by atoms with Crippen molar-refractivity contribution >= 4 is 0 Å². The smallest absolute Gasteiger partial charge is 0.131 e. The Hall–Kier alpha value is -1.71. The molecule has 0 amide bonds. The van der Waals surface area contributed by atoms with Crippen LogP contribution in [0.15, 0.2) is 42.5 Å². The van der Waals surface area contributed by atoms with Crippen molar-refractivity contribution in [1.82, 2.24) is 0 Å². The third-order valence-corrected chi connectivity index (χ3v) is 3.58. The van der Waals surface area contributed by atoms with Gasteiger partial charge in [-0.05, 0) is 28.2 Å². The highest BCUT2D eigenvalue weighted by atomic mass is 19.1. The molecular formula is C18H21FO2. The highest BCUT2D eigenvalue weighted by molar-refractivity contribution is 5.69. The molecule has 2 aromatic carbocycles. The summed E-state index contributed by atoms with van der Waals surface area (Å²) in [6.45, 7) is 5.67. The van der Waals surface area contributed by atoms with Crippen molar-refractivity contribution in [3.63, 3.8) is 0 Å². The molecule has 2 N–H and O–H groups in total. The number of halogens is 1. The molecule has 2 nitrogen and oxygen atoms in total. The lowest BCUT2D eigenvalue weighted by Gasteiger charge is -2.28. The summed E-state index contributed by atoms with van der Waals surface area (Å²) in [4.78, 5) is 0. The Morgan fingerprint density at radius 3 is 2.29 bits per heavy atom. The molecule has 0 spiro atoms. The first-order valence-electron chi connectivity index (χ1n) is 7.01. The van der Waals surface area contributed by atoms with Crippen LogP contribution in [0.4, 0.5) is 4.39 Å². The van der Waals surface area contributed by atoms with Gasteiger partial charge in [0.05, 0.1) is 12.7 Å². The van der Waals surface area contributed by atoms with Crippen molar-refractivity contribution in [2.45, 2.75) is 33.5 Å². The summed E-state index contributed by atoms with van der Waals surface area (Å²) in [6.07, 6.45) is -0.751. The average Bonchev–Trinajstić information content (AvgIpc) is 2.45. The topological polar surface area (TPSA) is 40.5 Å². The SMILES string of the molecule is CC(C)(C)[C@H](O)c1cc(CO)ccc1-c1ccccc1F. The molecule has 112 valence electrons. The van der Waals surface area contributed by atoms with Gasteiger partial charge >= 0.3 is 0 Å². The average molecular weight is 288 g/mol. The van der Waals surface area contributed by atoms with Crippen molar-refractivity contribution in [2.75, 3.05) is 0 Å². The molecule has 0 aliphatic carbocycles. The molecule has 2 aromatic rings. The Morgan fingerprint density at radius 2 is 1.71 bits per heavy atom. The standard InChI is InChI=1S/C18H21FO2/c1-18(2,3)17(21)15-10-12(11-20)8-9-13(15)14-6-4-5-7-16(14)19/h4-10,17,20-21H,11H2,1-3H3/t17-/m1/s1. The fraction of sp³-hybridized carbons (Fsp3) is 0.333. The lowest BCUT2D eigenvalue weighted by atomic mass is 9.81. The van der Waals surface area contributed by atoms with E-state index in [4.69, 9.17) is 0 Å². The number of benzene rings is 2. The zero-order valence-electron chi connectivity index (χ0n) is 12.6. The summed E-state index contributed by atoms with van der Waals surface area (Å²) in [7, 11) is 0. The lowest BCUT2D eigenvalue weighted by Crippen LogP contribution is -2.19. The number of hydrogen-bond acceptors (Lipinski definition) is 2. The Kier molecular flexibility index (Phi) is 4.45. The van der Waals surface area contributed by atoms with E-state index in [1.807, 2.05) is 20.8 Å². The lowest BCUT2D eigenvalue weighted by molar-refractivity contribution is 0.0630. The normalized spacial score (nSPS) is 13.2. The van der Waals surface area contributed by atoms with Gasteiger partial charge in [-0.15, -0.1) is 0 Å². The van der Waals surface area contributed by atoms with Crippen LogP contribution in [0.5, 0.6) is 0 Å². The van der Waals surface area contributed by atoms with Gasteiger partial charge < -0.3 is 10.2 Å². The first-order valence-corrected chi connectivity index (χ1v) is 7.01. The van der Waals surface area contributed by atoms with Gasteiger partial charge in [0.1, 0.15) is 5.82 Å². The van der Waals surface area contributed by atoms with Gasteiger partial charge in [-0.1, -0.05) is 57.2 Å². The quantitative estimate of drug-likeness (QED) is 0.894. The molecule has 0 saturated carbocycles. The minimum Gasteiger partial charge on any atom is -0.392 e.